The molecule has 2 fully saturated rings. The Labute approximate surface area is 126 Å². The molecule has 2 aliphatic carbocycles. The van der Waals surface area contributed by atoms with E-state index in [1.54, 1.807) is 0 Å². The van der Waals surface area contributed by atoms with Crippen molar-refractivity contribution in [3.05, 3.63) is 0 Å². The van der Waals surface area contributed by atoms with Crippen LogP contribution in [0.25, 0.3) is 0 Å². The molecule has 2 heteroatoms. The maximum absolute atomic E-state index is 6.46. The van der Waals surface area contributed by atoms with Gasteiger partial charge >= 0.3 is 0 Å². The van der Waals surface area contributed by atoms with E-state index in [2.05, 4.69) is 26.1 Å². The molecule has 0 unspecified atom stereocenters. The van der Waals surface area contributed by atoms with Gasteiger partial charge < -0.3 is 10.1 Å². The van der Waals surface area contributed by atoms with Crippen LogP contribution in [0, 0.1) is 11.8 Å². The molecule has 0 bridgehead atoms. The molecule has 2 nitrogen and oxygen atoms in total. The molecule has 0 saturated heterocycles. The molecule has 0 amide bonds. The summed E-state index contributed by atoms with van der Waals surface area (Å²) in [6, 6.07) is 0.561. The molecule has 1 N–H and O–H groups in total. The summed E-state index contributed by atoms with van der Waals surface area (Å²) >= 11 is 0. The fraction of sp³-hybridized carbons (Fsp3) is 1.00. The first-order valence-electron chi connectivity index (χ1n) is 9.01. The average Bonchev–Trinajstić information content (AvgIpc) is 2.40. The minimum atomic E-state index is 0.139. The van der Waals surface area contributed by atoms with Crippen LogP contribution in [-0.4, -0.2) is 24.8 Å². The quantitative estimate of drug-likeness (QED) is 0.706. The third-order valence-corrected chi connectivity index (χ3v) is 5.59. The van der Waals surface area contributed by atoms with Crippen LogP contribution in [0.2, 0.25) is 0 Å². The van der Waals surface area contributed by atoms with Gasteiger partial charge in [0.25, 0.3) is 0 Å². The SMILES string of the molecule is CCC1CCC(CNC(C)C)(OCCC2CCC2)CC1. The van der Waals surface area contributed by atoms with E-state index in [4.69, 9.17) is 4.74 Å². The van der Waals surface area contributed by atoms with Gasteiger partial charge in [-0.05, 0) is 43.9 Å². The van der Waals surface area contributed by atoms with Crippen LogP contribution in [0.1, 0.15) is 78.6 Å². The predicted octanol–water partition coefficient (Wildman–Crippen LogP) is 4.53. The fourth-order valence-corrected chi connectivity index (χ4v) is 3.60. The summed E-state index contributed by atoms with van der Waals surface area (Å²) in [6.07, 6.45) is 12.2. The summed E-state index contributed by atoms with van der Waals surface area (Å²) in [5, 5.41) is 3.63. The van der Waals surface area contributed by atoms with E-state index in [0.717, 1.165) is 25.0 Å². The second-order valence-electron chi connectivity index (χ2n) is 7.50. The van der Waals surface area contributed by atoms with Crippen molar-refractivity contribution in [3.8, 4) is 0 Å². The van der Waals surface area contributed by atoms with E-state index >= 15 is 0 Å². The lowest BCUT2D eigenvalue weighted by Crippen LogP contribution is -2.48. The lowest BCUT2D eigenvalue weighted by atomic mass is 9.77. The highest BCUT2D eigenvalue weighted by Crippen LogP contribution is 2.37. The van der Waals surface area contributed by atoms with E-state index in [-0.39, 0.29) is 5.60 Å². The van der Waals surface area contributed by atoms with Crippen molar-refractivity contribution in [2.24, 2.45) is 11.8 Å². The van der Waals surface area contributed by atoms with Crippen LogP contribution in [-0.2, 0) is 4.74 Å². The molecule has 0 radical (unpaired) electrons. The lowest BCUT2D eigenvalue weighted by molar-refractivity contribution is -0.0831. The van der Waals surface area contributed by atoms with Gasteiger partial charge in [0.2, 0.25) is 0 Å². The smallest absolute Gasteiger partial charge is 0.0806 e. The molecule has 2 rings (SSSR count). The van der Waals surface area contributed by atoms with Crippen LogP contribution in [0.4, 0.5) is 0 Å². The van der Waals surface area contributed by atoms with E-state index in [1.807, 2.05) is 0 Å². The first-order chi connectivity index (χ1) is 9.63. The molecular weight excluding hydrogens is 246 g/mol. The van der Waals surface area contributed by atoms with Gasteiger partial charge in [0, 0.05) is 19.2 Å². The number of hydrogen-bond donors (Lipinski definition) is 1. The summed E-state index contributed by atoms with van der Waals surface area (Å²) in [5.41, 5.74) is 0.139. The highest BCUT2D eigenvalue weighted by Gasteiger charge is 2.35. The van der Waals surface area contributed by atoms with Crippen molar-refractivity contribution in [1.29, 1.82) is 0 Å². The number of nitrogens with one attached hydrogen (secondary N) is 1. The first kappa shape index (κ1) is 16.3. The Morgan fingerprint density at radius 1 is 1.10 bits per heavy atom. The average molecular weight is 281 g/mol. The summed E-state index contributed by atoms with van der Waals surface area (Å²) < 4.78 is 6.46. The molecule has 0 aromatic carbocycles. The fourth-order valence-electron chi connectivity index (χ4n) is 3.60. The van der Waals surface area contributed by atoms with E-state index in [1.165, 1.54) is 57.8 Å². The molecule has 0 aromatic rings. The molecule has 2 aliphatic rings. The van der Waals surface area contributed by atoms with Gasteiger partial charge in [-0.1, -0.05) is 46.5 Å². The van der Waals surface area contributed by atoms with Gasteiger partial charge in [-0.2, -0.15) is 0 Å². The maximum Gasteiger partial charge on any atom is 0.0806 e. The molecule has 118 valence electrons. The monoisotopic (exact) mass is 281 g/mol. The van der Waals surface area contributed by atoms with Crippen molar-refractivity contribution >= 4 is 0 Å². The molecule has 20 heavy (non-hydrogen) atoms. The highest BCUT2D eigenvalue weighted by molar-refractivity contribution is 4.89. The highest BCUT2D eigenvalue weighted by atomic mass is 16.5. The van der Waals surface area contributed by atoms with Crippen LogP contribution in [0.5, 0.6) is 0 Å². The first-order valence-corrected chi connectivity index (χ1v) is 9.01. The number of hydrogen-bond acceptors (Lipinski definition) is 2. The molecule has 0 atom stereocenters. The third-order valence-electron chi connectivity index (χ3n) is 5.59. The predicted molar refractivity (Wildman–Crippen MR) is 86.0 cm³/mol. The lowest BCUT2D eigenvalue weighted by Gasteiger charge is -2.41. The molecule has 0 heterocycles. The van der Waals surface area contributed by atoms with Crippen LogP contribution >= 0.6 is 0 Å². The van der Waals surface area contributed by atoms with Gasteiger partial charge in [-0.25, -0.2) is 0 Å². The van der Waals surface area contributed by atoms with Crippen molar-refractivity contribution in [2.75, 3.05) is 13.2 Å². The normalized spacial score (nSPS) is 31.5. The van der Waals surface area contributed by atoms with Crippen molar-refractivity contribution in [1.82, 2.24) is 5.32 Å². The van der Waals surface area contributed by atoms with E-state index in [0.29, 0.717) is 6.04 Å². The largest absolute Gasteiger partial charge is 0.374 e. The second kappa shape index (κ2) is 7.79. The summed E-state index contributed by atoms with van der Waals surface area (Å²) in [6.45, 7) is 8.84. The molecule has 0 spiro atoms. The van der Waals surface area contributed by atoms with Crippen molar-refractivity contribution in [2.45, 2.75) is 90.2 Å². The number of ether oxygens (including phenoxy) is 1. The van der Waals surface area contributed by atoms with Crippen LogP contribution in [0.3, 0.4) is 0 Å². The standard InChI is InChI=1S/C18H35NO/c1-4-16-8-11-18(12-9-16,14-19-15(2)3)20-13-10-17-6-5-7-17/h15-17,19H,4-14H2,1-3H3. The molecule has 0 aromatic heterocycles. The second-order valence-corrected chi connectivity index (χ2v) is 7.50. The van der Waals surface area contributed by atoms with Gasteiger partial charge in [-0.15, -0.1) is 0 Å². The zero-order valence-electron chi connectivity index (χ0n) is 13.9. The molecular formula is C18H35NO. The van der Waals surface area contributed by atoms with Gasteiger partial charge in [0.05, 0.1) is 5.60 Å². The summed E-state index contributed by atoms with van der Waals surface area (Å²) in [5.74, 6) is 1.91. The van der Waals surface area contributed by atoms with Crippen molar-refractivity contribution in [3.63, 3.8) is 0 Å². The summed E-state index contributed by atoms with van der Waals surface area (Å²) in [4.78, 5) is 0. The van der Waals surface area contributed by atoms with Gasteiger partial charge in [-0.3, -0.25) is 0 Å². The van der Waals surface area contributed by atoms with Crippen LogP contribution in [0.15, 0.2) is 0 Å². The summed E-state index contributed by atoms with van der Waals surface area (Å²) in [7, 11) is 0. The minimum Gasteiger partial charge on any atom is -0.374 e. The zero-order chi connectivity index (χ0) is 14.4. The van der Waals surface area contributed by atoms with Gasteiger partial charge in [0.15, 0.2) is 0 Å². The molecule has 0 aliphatic heterocycles. The maximum atomic E-state index is 6.46. The van der Waals surface area contributed by atoms with E-state index in [9.17, 15) is 0 Å². The Kier molecular flexibility index (Phi) is 6.35. The third kappa shape index (κ3) is 4.73. The Bertz CT molecular complexity index is 265. The minimum absolute atomic E-state index is 0.139. The zero-order valence-corrected chi connectivity index (χ0v) is 13.9. The Balaban J connectivity index is 1.79. The Morgan fingerprint density at radius 2 is 1.80 bits per heavy atom. The van der Waals surface area contributed by atoms with Gasteiger partial charge in [0.1, 0.15) is 0 Å². The van der Waals surface area contributed by atoms with E-state index < -0.39 is 0 Å². The van der Waals surface area contributed by atoms with Crippen LogP contribution < -0.4 is 5.32 Å². The number of rotatable bonds is 8. The Hall–Kier alpha value is -0.0800. The topological polar surface area (TPSA) is 21.3 Å². The Morgan fingerprint density at radius 3 is 2.30 bits per heavy atom. The van der Waals surface area contributed by atoms with Crippen molar-refractivity contribution < 1.29 is 4.74 Å². The molecule has 2 saturated carbocycles.